The van der Waals surface area contributed by atoms with Crippen molar-refractivity contribution in [3.63, 3.8) is 0 Å². The first-order valence-electron chi connectivity index (χ1n) is 8.70. The summed E-state index contributed by atoms with van der Waals surface area (Å²) >= 11 is 2.33. The molecule has 3 rings (SSSR count). The Morgan fingerprint density at radius 3 is 2.64 bits per heavy atom. The molecule has 0 unspecified atom stereocenters. The van der Waals surface area contributed by atoms with E-state index in [1.807, 2.05) is 6.92 Å². The van der Waals surface area contributed by atoms with Gasteiger partial charge in [0, 0.05) is 0 Å². The molecule has 6 nitrogen and oxygen atoms in total. The maximum atomic E-state index is 14.8. The molecule has 0 aliphatic rings. The fraction of sp³-hybridized carbons (Fsp3) is 0.250. The molecule has 1 aromatic heterocycles. The van der Waals surface area contributed by atoms with E-state index in [0.29, 0.717) is 38.9 Å². The molecule has 0 aliphatic heterocycles. The molecule has 1 heterocycles. The van der Waals surface area contributed by atoms with Gasteiger partial charge in [-0.1, -0.05) is 0 Å². The summed E-state index contributed by atoms with van der Waals surface area (Å²) in [7, 11) is 3.05. The van der Waals surface area contributed by atoms with E-state index in [0.717, 1.165) is 6.42 Å². The van der Waals surface area contributed by atoms with Crippen molar-refractivity contribution in [2.45, 2.75) is 13.3 Å². The van der Waals surface area contributed by atoms with Gasteiger partial charge in [0.1, 0.15) is 0 Å². The van der Waals surface area contributed by atoms with E-state index in [-0.39, 0.29) is 17.2 Å². The third kappa shape index (κ3) is 3.67. The number of hydrogen-bond acceptors (Lipinski definition) is 5. The second-order valence-electron chi connectivity index (χ2n) is 6.04. The number of methoxy groups -OCH3 is 2. The number of aromatic nitrogens is 2. The Hall–Kier alpha value is -2.66. The van der Waals surface area contributed by atoms with Gasteiger partial charge in [-0.25, -0.2) is 0 Å². The predicted octanol–water partition coefficient (Wildman–Crippen LogP) is 2.39. The number of halogens is 1. The van der Waals surface area contributed by atoms with E-state index in [1.165, 1.54) is 13.2 Å². The van der Waals surface area contributed by atoms with E-state index in [9.17, 15) is 9.18 Å². The van der Waals surface area contributed by atoms with Crippen LogP contribution in [0.25, 0.3) is 22.0 Å². The van der Waals surface area contributed by atoms with E-state index in [1.54, 1.807) is 31.4 Å². The Labute approximate surface area is 170 Å². The predicted molar refractivity (Wildman–Crippen MR) is 106 cm³/mol. The van der Waals surface area contributed by atoms with E-state index in [4.69, 9.17) is 9.47 Å². The molecule has 28 heavy (non-hydrogen) atoms. The normalized spacial score (nSPS) is 10.8. The summed E-state index contributed by atoms with van der Waals surface area (Å²) in [5.41, 5.74) is 1.35. The summed E-state index contributed by atoms with van der Waals surface area (Å²) in [5.74, 6) is 0.277. The molecule has 0 spiro atoms. The van der Waals surface area contributed by atoms with E-state index < -0.39 is 5.82 Å². The zero-order valence-corrected chi connectivity index (χ0v) is 17.6. The van der Waals surface area contributed by atoms with E-state index >= 15 is 0 Å². The number of carbonyl (C=O) groups is 1. The van der Waals surface area contributed by atoms with Crippen LogP contribution in [-0.4, -0.2) is 53.7 Å². The van der Waals surface area contributed by atoms with Crippen LogP contribution < -0.4 is 19.1 Å². The van der Waals surface area contributed by atoms with Gasteiger partial charge >= 0.3 is 171 Å². The van der Waals surface area contributed by atoms with Gasteiger partial charge in [0.25, 0.3) is 0 Å². The number of rotatable bonds is 6. The van der Waals surface area contributed by atoms with Crippen molar-refractivity contribution in [2.24, 2.45) is 0 Å². The molecule has 0 fully saturated rings. The van der Waals surface area contributed by atoms with Crippen LogP contribution in [0.1, 0.15) is 23.8 Å². The summed E-state index contributed by atoms with van der Waals surface area (Å²) in [4.78, 5) is 12.3. The Kier molecular flexibility index (Phi) is 6.14. The molecular weight excluding hydrogens is 424 g/mol. The van der Waals surface area contributed by atoms with Gasteiger partial charge in [0.2, 0.25) is 0 Å². The first-order chi connectivity index (χ1) is 13.5. The van der Waals surface area contributed by atoms with Crippen LogP contribution >= 0.6 is 0 Å². The zero-order valence-electron chi connectivity index (χ0n) is 15.7. The van der Waals surface area contributed by atoms with Gasteiger partial charge in [0.05, 0.1) is 0 Å². The van der Waals surface area contributed by atoms with Crippen LogP contribution in [-0.2, 0) is 0 Å². The first kappa shape index (κ1) is 20.1. The van der Waals surface area contributed by atoms with Gasteiger partial charge in [-0.2, -0.15) is 0 Å². The van der Waals surface area contributed by atoms with E-state index in [2.05, 4.69) is 32.4 Å². The minimum atomic E-state index is -0.458. The molecule has 1 amide bonds. The third-order valence-electron chi connectivity index (χ3n) is 4.29. The summed E-state index contributed by atoms with van der Waals surface area (Å²) < 4.78 is 26.0. The number of benzene rings is 2. The Morgan fingerprint density at radius 1 is 1.18 bits per heavy atom. The summed E-state index contributed by atoms with van der Waals surface area (Å²) in [6.07, 6.45) is 0.813. The SMILES string of the molecule is CCCNC(=O)c1nnc2c(-c3ccc(OC)cc3OC)c(F)ccc2c1[As]. The maximum absolute atomic E-state index is 14.8. The Morgan fingerprint density at radius 2 is 1.96 bits per heavy atom. The summed E-state index contributed by atoms with van der Waals surface area (Å²) in [6, 6.07) is 8.06. The van der Waals surface area contributed by atoms with Gasteiger partial charge < -0.3 is 0 Å². The number of ether oxygens (including phenoxy) is 2. The third-order valence-corrected chi connectivity index (χ3v) is 5.23. The van der Waals surface area contributed by atoms with Crippen LogP contribution in [0.2, 0.25) is 0 Å². The van der Waals surface area contributed by atoms with Crippen LogP contribution in [0.5, 0.6) is 11.5 Å². The molecule has 0 atom stereocenters. The Balaban J connectivity index is 2.21. The summed E-state index contributed by atoms with van der Waals surface area (Å²) in [5, 5.41) is 11.7. The fourth-order valence-electron chi connectivity index (χ4n) is 2.87. The van der Waals surface area contributed by atoms with Crippen molar-refractivity contribution in [1.29, 1.82) is 0 Å². The van der Waals surface area contributed by atoms with Crippen molar-refractivity contribution >= 4 is 38.0 Å². The van der Waals surface area contributed by atoms with Crippen molar-refractivity contribution in [3.8, 4) is 22.6 Å². The van der Waals surface area contributed by atoms with Gasteiger partial charge in [-0.3, -0.25) is 0 Å². The van der Waals surface area contributed by atoms with Crippen LogP contribution in [0.3, 0.4) is 0 Å². The molecule has 2 aromatic carbocycles. The quantitative estimate of drug-likeness (QED) is 0.593. The molecule has 3 aromatic rings. The number of nitrogens with zero attached hydrogens (tertiary/aromatic N) is 2. The van der Waals surface area contributed by atoms with Crippen molar-refractivity contribution < 1.29 is 18.7 Å². The average molecular weight is 443 g/mol. The molecule has 0 saturated carbocycles. The molecule has 2 radical (unpaired) electrons. The summed E-state index contributed by atoms with van der Waals surface area (Å²) in [6.45, 7) is 2.51. The molecule has 1 N–H and O–H groups in total. The Bertz CT molecular complexity index is 1040. The zero-order chi connectivity index (χ0) is 20.3. The molecule has 0 aliphatic carbocycles. The fourth-order valence-corrected chi connectivity index (χ4v) is 3.56. The minimum absolute atomic E-state index is 0.209. The first-order valence-corrected chi connectivity index (χ1v) is 9.64. The molecular formula is C20H19AsFN3O3. The monoisotopic (exact) mass is 443 g/mol. The van der Waals surface area contributed by atoms with Gasteiger partial charge in [0.15, 0.2) is 0 Å². The second kappa shape index (κ2) is 8.57. The van der Waals surface area contributed by atoms with Crippen LogP contribution in [0, 0.1) is 5.82 Å². The van der Waals surface area contributed by atoms with Gasteiger partial charge in [-0.15, -0.1) is 0 Å². The number of carbonyl (C=O) groups excluding carboxylic acids is 1. The molecule has 144 valence electrons. The van der Waals surface area contributed by atoms with Crippen molar-refractivity contribution in [3.05, 3.63) is 41.8 Å². The topological polar surface area (TPSA) is 73.3 Å². The number of hydrogen-bond donors (Lipinski definition) is 1. The standard InChI is InChI=1S/C20H19AsFN3O3/c1-4-9-23-20(26)19-17(21)13-7-8-14(22)16(18(13)24-25-19)12-6-5-11(27-2)10-15(12)28-3/h5-8,10H,4,9H2,1-3H3,(H,23,26). The molecule has 8 heteroatoms. The molecule has 0 saturated heterocycles. The number of amides is 1. The van der Waals surface area contributed by atoms with Gasteiger partial charge in [-0.05, 0) is 0 Å². The number of fused-ring (bicyclic) bond motifs is 1. The van der Waals surface area contributed by atoms with Crippen LogP contribution in [0.4, 0.5) is 4.39 Å². The van der Waals surface area contributed by atoms with Crippen LogP contribution in [0.15, 0.2) is 30.3 Å². The average Bonchev–Trinajstić information content (AvgIpc) is 2.71. The van der Waals surface area contributed by atoms with Crippen molar-refractivity contribution in [2.75, 3.05) is 20.8 Å². The molecule has 0 bridgehead atoms. The van der Waals surface area contributed by atoms with Crippen molar-refractivity contribution in [1.82, 2.24) is 15.5 Å². The second-order valence-corrected chi connectivity index (χ2v) is 6.98. The number of nitrogens with one attached hydrogen (secondary N) is 1.